The van der Waals surface area contributed by atoms with Crippen LogP contribution in [0.3, 0.4) is 0 Å². The fourth-order valence-corrected chi connectivity index (χ4v) is 5.85. The fraction of sp³-hybridized carbons (Fsp3) is 0.636. The Morgan fingerprint density at radius 1 is 1.29 bits per heavy atom. The number of amides is 1. The maximum absolute atomic E-state index is 13.3. The molecule has 1 fully saturated rings. The van der Waals surface area contributed by atoms with E-state index >= 15 is 0 Å². The Kier molecular flexibility index (Phi) is 6.17. The average molecular weight is 406 g/mol. The van der Waals surface area contributed by atoms with Gasteiger partial charge in [0.05, 0.1) is 31.6 Å². The van der Waals surface area contributed by atoms with Crippen molar-refractivity contribution >= 4 is 20.0 Å². The molecule has 0 radical (unpaired) electrons. The van der Waals surface area contributed by atoms with Crippen molar-refractivity contribution in [2.45, 2.75) is 70.9 Å². The predicted molar refractivity (Wildman–Crippen MR) is 114 cm³/mol. The smallest absolute Gasteiger partial charge is 0.312 e. The van der Waals surface area contributed by atoms with Crippen LogP contribution in [0.5, 0.6) is 0 Å². The van der Waals surface area contributed by atoms with E-state index in [1.165, 1.54) is 0 Å². The van der Waals surface area contributed by atoms with Gasteiger partial charge < -0.3 is 15.1 Å². The first-order chi connectivity index (χ1) is 12.7. The summed E-state index contributed by atoms with van der Waals surface area (Å²) in [6.07, 6.45) is -0.956. The molecule has 0 spiro atoms. The van der Waals surface area contributed by atoms with E-state index in [0.717, 1.165) is 5.56 Å². The number of aliphatic hydroxyl groups is 1. The van der Waals surface area contributed by atoms with Crippen molar-refractivity contribution < 1.29 is 19.8 Å². The third-order valence-corrected chi connectivity index (χ3v) is 12.6. The van der Waals surface area contributed by atoms with Gasteiger partial charge in [0, 0.05) is 6.54 Å². The molecule has 5 nitrogen and oxygen atoms in total. The Morgan fingerprint density at radius 3 is 2.29 bits per heavy atom. The minimum Gasteiger partial charge on any atom is -0.481 e. The molecule has 1 heterocycles. The molecule has 4 atom stereocenters. The largest absolute Gasteiger partial charge is 0.481 e. The van der Waals surface area contributed by atoms with Gasteiger partial charge in [0.1, 0.15) is 0 Å². The summed E-state index contributed by atoms with van der Waals surface area (Å²) in [4.78, 5) is 27.1. The molecule has 0 aliphatic carbocycles. The van der Waals surface area contributed by atoms with Gasteiger partial charge in [0.25, 0.3) is 0 Å². The van der Waals surface area contributed by atoms with E-state index < -0.39 is 31.5 Å². The number of likely N-dealkylation sites (tertiary alicyclic amines) is 1. The molecule has 1 amide bonds. The molecule has 6 heteroatoms. The number of carbonyl (C=O) groups excluding carboxylic acids is 1. The summed E-state index contributed by atoms with van der Waals surface area (Å²) in [5, 5.41) is 21.1. The molecule has 1 saturated heterocycles. The van der Waals surface area contributed by atoms with E-state index in [0.29, 0.717) is 6.04 Å². The van der Waals surface area contributed by atoms with Crippen molar-refractivity contribution in [1.82, 2.24) is 4.90 Å². The van der Waals surface area contributed by atoms with Crippen molar-refractivity contribution in [2.24, 2.45) is 11.3 Å². The van der Waals surface area contributed by atoms with Gasteiger partial charge in [-0.15, -0.1) is 0 Å². The molecule has 2 rings (SSSR count). The number of carboxylic acid groups (broad SMARTS) is 1. The van der Waals surface area contributed by atoms with E-state index in [-0.39, 0.29) is 23.5 Å². The van der Waals surface area contributed by atoms with E-state index in [1.807, 2.05) is 37.3 Å². The molecule has 2 unspecified atom stereocenters. The van der Waals surface area contributed by atoms with Gasteiger partial charge >= 0.3 is 5.97 Å². The zero-order chi connectivity index (χ0) is 21.5. The minimum atomic E-state index is -1.89. The van der Waals surface area contributed by atoms with Crippen LogP contribution in [0.1, 0.15) is 46.2 Å². The first-order valence-electron chi connectivity index (χ1n) is 9.99. The number of hydrogen-bond acceptors (Lipinski definition) is 3. The van der Waals surface area contributed by atoms with Crippen molar-refractivity contribution in [1.29, 1.82) is 0 Å². The number of carbonyl (C=O) groups is 2. The summed E-state index contributed by atoms with van der Waals surface area (Å²) in [6.45, 7) is 14.5. The second-order valence-electron chi connectivity index (χ2n) is 10.2. The highest BCUT2D eigenvalue weighted by Gasteiger charge is 2.58. The number of aliphatic hydroxyl groups excluding tert-OH is 1. The molecule has 1 aliphatic heterocycles. The molecule has 28 heavy (non-hydrogen) atoms. The van der Waals surface area contributed by atoms with Crippen LogP contribution in [-0.4, -0.2) is 47.7 Å². The molecule has 1 aromatic rings. The van der Waals surface area contributed by atoms with Gasteiger partial charge in [-0.25, -0.2) is 0 Å². The third-order valence-electron chi connectivity index (χ3n) is 7.11. The Bertz CT molecular complexity index is 728. The van der Waals surface area contributed by atoms with Crippen LogP contribution in [0.15, 0.2) is 30.3 Å². The highest BCUT2D eigenvalue weighted by molar-refractivity contribution is 6.80. The van der Waals surface area contributed by atoms with Gasteiger partial charge in [0.2, 0.25) is 5.91 Å². The summed E-state index contributed by atoms with van der Waals surface area (Å²) in [5.74, 6) is -2.21. The highest BCUT2D eigenvalue weighted by atomic mass is 28.3. The Balaban J connectivity index is 2.36. The SMILES string of the molecule is C[C@H](c1ccccc1)N1C[C@@](C)(C(=O)O)C(C(O)C[Si](C)(C)C(C)(C)C)C1=O. The summed E-state index contributed by atoms with van der Waals surface area (Å²) in [6, 6.07) is 9.88. The van der Waals surface area contributed by atoms with Crippen LogP contribution in [0.2, 0.25) is 24.2 Å². The quantitative estimate of drug-likeness (QED) is 0.697. The van der Waals surface area contributed by atoms with Gasteiger partial charge in [-0.1, -0.05) is 64.2 Å². The molecular formula is C22H35NO4Si. The molecular weight excluding hydrogens is 370 g/mol. The molecule has 2 N–H and O–H groups in total. The van der Waals surface area contributed by atoms with Crippen molar-refractivity contribution in [3.05, 3.63) is 35.9 Å². The maximum atomic E-state index is 13.3. The van der Waals surface area contributed by atoms with Crippen LogP contribution in [0.4, 0.5) is 0 Å². The van der Waals surface area contributed by atoms with Crippen LogP contribution in [0.25, 0.3) is 0 Å². The van der Waals surface area contributed by atoms with Crippen LogP contribution < -0.4 is 0 Å². The third kappa shape index (κ3) is 4.03. The Labute approximate surface area is 169 Å². The molecule has 0 aromatic heterocycles. The van der Waals surface area contributed by atoms with Crippen LogP contribution >= 0.6 is 0 Å². The van der Waals surface area contributed by atoms with E-state index in [4.69, 9.17) is 0 Å². The lowest BCUT2D eigenvalue weighted by Gasteiger charge is -2.40. The summed E-state index contributed by atoms with van der Waals surface area (Å²) >= 11 is 0. The van der Waals surface area contributed by atoms with Crippen molar-refractivity contribution in [3.63, 3.8) is 0 Å². The second-order valence-corrected chi connectivity index (χ2v) is 15.8. The van der Waals surface area contributed by atoms with Crippen LogP contribution in [-0.2, 0) is 9.59 Å². The molecule has 0 bridgehead atoms. The number of rotatable bonds is 6. The fourth-order valence-electron chi connectivity index (χ4n) is 3.96. The number of benzene rings is 1. The van der Waals surface area contributed by atoms with Crippen LogP contribution in [0, 0.1) is 11.3 Å². The zero-order valence-electron chi connectivity index (χ0n) is 18.2. The van der Waals surface area contributed by atoms with E-state index in [2.05, 4.69) is 33.9 Å². The zero-order valence-corrected chi connectivity index (χ0v) is 19.2. The number of carboxylic acids is 1. The minimum absolute atomic E-state index is 0.0479. The highest BCUT2D eigenvalue weighted by Crippen LogP contribution is 2.47. The Hall–Kier alpha value is -1.66. The number of nitrogens with zero attached hydrogens (tertiary/aromatic N) is 1. The van der Waals surface area contributed by atoms with Crippen molar-refractivity contribution in [2.75, 3.05) is 6.54 Å². The first-order valence-corrected chi connectivity index (χ1v) is 13.2. The number of aliphatic carboxylic acids is 1. The summed E-state index contributed by atoms with van der Waals surface area (Å²) in [7, 11) is -1.89. The lowest BCUT2D eigenvalue weighted by atomic mass is 9.77. The molecule has 1 aromatic carbocycles. The first kappa shape index (κ1) is 22.6. The lowest BCUT2D eigenvalue weighted by molar-refractivity contribution is -0.153. The lowest BCUT2D eigenvalue weighted by Crippen LogP contribution is -2.48. The van der Waals surface area contributed by atoms with Gasteiger partial charge in [-0.3, -0.25) is 9.59 Å². The normalized spacial score (nSPS) is 25.6. The standard InChI is InChI=1S/C22H35NO4Si/c1-15(16-11-9-8-10-12-16)23-14-22(5,20(26)27)18(19(23)25)17(24)13-28(6,7)21(2,3)4/h8-12,15,17-18,24H,13-14H2,1-7H3,(H,26,27)/t15-,17?,18?,22-/m1/s1. The average Bonchev–Trinajstić information content (AvgIpc) is 2.86. The van der Waals surface area contributed by atoms with E-state index in [9.17, 15) is 19.8 Å². The summed E-state index contributed by atoms with van der Waals surface area (Å²) < 4.78 is 0. The maximum Gasteiger partial charge on any atom is 0.312 e. The van der Waals surface area contributed by atoms with Gasteiger partial charge in [-0.2, -0.15) is 0 Å². The van der Waals surface area contributed by atoms with Crippen molar-refractivity contribution in [3.8, 4) is 0 Å². The topological polar surface area (TPSA) is 77.8 Å². The van der Waals surface area contributed by atoms with E-state index in [1.54, 1.807) is 11.8 Å². The van der Waals surface area contributed by atoms with Gasteiger partial charge in [-0.05, 0) is 30.5 Å². The Morgan fingerprint density at radius 2 is 1.82 bits per heavy atom. The number of hydrogen-bond donors (Lipinski definition) is 2. The predicted octanol–water partition coefficient (Wildman–Crippen LogP) is 4.17. The second kappa shape index (κ2) is 7.63. The molecule has 0 saturated carbocycles. The summed E-state index contributed by atoms with van der Waals surface area (Å²) in [5.41, 5.74) is -0.342. The van der Waals surface area contributed by atoms with Gasteiger partial charge in [0.15, 0.2) is 0 Å². The molecule has 1 aliphatic rings. The monoisotopic (exact) mass is 405 g/mol. The molecule has 156 valence electrons.